The van der Waals surface area contributed by atoms with Crippen LogP contribution in [0.5, 0.6) is 0 Å². The molecule has 2 aromatic heterocycles. The Bertz CT molecular complexity index is 640. The van der Waals surface area contributed by atoms with Crippen LogP contribution in [0.2, 0.25) is 0 Å². The predicted molar refractivity (Wildman–Crippen MR) is 75.0 cm³/mol. The van der Waals surface area contributed by atoms with Gasteiger partial charge in [-0.25, -0.2) is 0 Å². The third-order valence-electron chi connectivity index (χ3n) is 3.94. The van der Waals surface area contributed by atoms with Crippen molar-refractivity contribution in [2.75, 3.05) is 0 Å². The molecule has 0 saturated carbocycles. The molecule has 7 nitrogen and oxygen atoms in total. The summed E-state index contributed by atoms with van der Waals surface area (Å²) in [6.07, 6.45) is 2.55. The number of rotatable bonds is 3. The lowest BCUT2D eigenvalue weighted by Crippen LogP contribution is -2.41. The van der Waals surface area contributed by atoms with Gasteiger partial charge in [-0.15, -0.1) is 10.2 Å². The fraction of sp³-hybridized carbons (Fsp3) is 0.571. The normalized spacial score (nSPS) is 17.6. The van der Waals surface area contributed by atoms with Crippen LogP contribution in [0.3, 0.4) is 0 Å². The number of hydrogen-bond acceptors (Lipinski definition) is 5. The number of nitrogens with zero attached hydrogens (tertiary/aromatic N) is 4. The Balaban J connectivity index is 1.74. The van der Waals surface area contributed by atoms with Gasteiger partial charge in [-0.05, 0) is 20.3 Å². The molecule has 1 unspecified atom stereocenters. The van der Waals surface area contributed by atoms with Crippen molar-refractivity contribution in [2.45, 2.75) is 52.6 Å². The van der Waals surface area contributed by atoms with Gasteiger partial charge < -0.3 is 14.4 Å². The van der Waals surface area contributed by atoms with E-state index in [9.17, 15) is 4.79 Å². The number of aryl methyl sites for hydroxylation is 4. The van der Waals surface area contributed by atoms with Crippen molar-refractivity contribution in [3.05, 3.63) is 28.7 Å². The van der Waals surface area contributed by atoms with Crippen molar-refractivity contribution in [3.8, 4) is 0 Å². The molecule has 112 valence electrons. The zero-order valence-corrected chi connectivity index (χ0v) is 12.5. The Labute approximate surface area is 122 Å². The fourth-order valence-corrected chi connectivity index (χ4v) is 2.83. The molecular weight excluding hydrogens is 270 g/mol. The molecule has 7 heteroatoms. The first-order chi connectivity index (χ1) is 10.1. The number of fused-ring (bicyclic) bond motifs is 1. The average Bonchev–Trinajstić information content (AvgIpc) is 3.01. The molecule has 21 heavy (non-hydrogen) atoms. The third-order valence-corrected chi connectivity index (χ3v) is 3.94. The van der Waals surface area contributed by atoms with E-state index in [1.165, 1.54) is 0 Å². The number of nitrogens with one attached hydrogen (secondary N) is 1. The van der Waals surface area contributed by atoms with E-state index in [1.807, 2.05) is 0 Å². The number of amides is 1. The van der Waals surface area contributed by atoms with Crippen molar-refractivity contribution in [2.24, 2.45) is 0 Å². The highest BCUT2D eigenvalue weighted by Gasteiger charge is 2.25. The van der Waals surface area contributed by atoms with Gasteiger partial charge in [-0.1, -0.05) is 12.1 Å². The number of carbonyl (C=O) groups excluding carboxylic acids is 1. The van der Waals surface area contributed by atoms with E-state index in [0.29, 0.717) is 17.0 Å². The first kappa shape index (κ1) is 13.8. The Morgan fingerprint density at radius 3 is 2.90 bits per heavy atom. The number of hydrogen-bond donors (Lipinski definition) is 1. The van der Waals surface area contributed by atoms with Crippen LogP contribution >= 0.6 is 0 Å². The second-order valence-electron chi connectivity index (χ2n) is 5.40. The molecule has 1 aliphatic rings. The van der Waals surface area contributed by atoms with Gasteiger partial charge in [-0.3, -0.25) is 4.79 Å². The van der Waals surface area contributed by atoms with Gasteiger partial charge in [-0.2, -0.15) is 0 Å². The minimum Gasteiger partial charge on any atom is -0.361 e. The fourth-order valence-electron chi connectivity index (χ4n) is 2.83. The molecule has 0 saturated heterocycles. The lowest BCUT2D eigenvalue weighted by Gasteiger charge is -2.25. The Kier molecular flexibility index (Phi) is 3.48. The lowest BCUT2D eigenvalue weighted by molar-refractivity contribution is 0.0925. The highest BCUT2D eigenvalue weighted by Crippen LogP contribution is 2.17. The SMILES string of the molecule is CCc1nnc2n1CC(NC(=O)c1c(C)noc1C)CC2. The van der Waals surface area contributed by atoms with Crippen LogP contribution < -0.4 is 5.32 Å². The summed E-state index contributed by atoms with van der Waals surface area (Å²) in [7, 11) is 0. The molecule has 0 radical (unpaired) electrons. The van der Waals surface area contributed by atoms with E-state index in [-0.39, 0.29) is 11.9 Å². The monoisotopic (exact) mass is 289 g/mol. The summed E-state index contributed by atoms with van der Waals surface area (Å²) in [5.74, 6) is 2.42. The highest BCUT2D eigenvalue weighted by atomic mass is 16.5. The number of aromatic nitrogens is 4. The van der Waals surface area contributed by atoms with Crippen LogP contribution in [-0.2, 0) is 19.4 Å². The first-order valence-corrected chi connectivity index (χ1v) is 7.24. The molecule has 1 aliphatic heterocycles. The molecule has 0 aromatic carbocycles. The van der Waals surface area contributed by atoms with Gasteiger partial charge in [0.2, 0.25) is 0 Å². The van der Waals surface area contributed by atoms with Crippen molar-refractivity contribution in [3.63, 3.8) is 0 Å². The molecule has 3 rings (SSSR count). The van der Waals surface area contributed by atoms with Gasteiger partial charge >= 0.3 is 0 Å². The van der Waals surface area contributed by atoms with E-state index < -0.39 is 0 Å². The van der Waals surface area contributed by atoms with Crippen LogP contribution in [0.25, 0.3) is 0 Å². The summed E-state index contributed by atoms with van der Waals surface area (Å²) in [5, 5.41) is 15.3. The minimum atomic E-state index is -0.120. The predicted octanol–water partition coefficient (Wildman–Crippen LogP) is 1.19. The summed E-state index contributed by atoms with van der Waals surface area (Å²) in [5.41, 5.74) is 1.17. The maximum atomic E-state index is 12.4. The second-order valence-corrected chi connectivity index (χ2v) is 5.40. The quantitative estimate of drug-likeness (QED) is 0.917. The van der Waals surface area contributed by atoms with Crippen LogP contribution in [-0.4, -0.2) is 31.9 Å². The largest absolute Gasteiger partial charge is 0.361 e. The van der Waals surface area contributed by atoms with Crippen molar-refractivity contribution in [1.82, 2.24) is 25.2 Å². The van der Waals surface area contributed by atoms with Gasteiger partial charge in [0.25, 0.3) is 5.91 Å². The van der Waals surface area contributed by atoms with Gasteiger partial charge in [0.15, 0.2) is 0 Å². The summed E-state index contributed by atoms with van der Waals surface area (Å²) < 4.78 is 7.16. The molecule has 1 N–H and O–H groups in total. The van der Waals surface area contributed by atoms with E-state index in [1.54, 1.807) is 13.8 Å². The lowest BCUT2D eigenvalue weighted by atomic mass is 10.1. The Morgan fingerprint density at radius 1 is 1.43 bits per heavy atom. The Hall–Kier alpha value is -2.18. The van der Waals surface area contributed by atoms with Crippen LogP contribution in [0.4, 0.5) is 0 Å². The molecule has 1 amide bonds. The molecule has 0 aliphatic carbocycles. The first-order valence-electron chi connectivity index (χ1n) is 7.24. The third kappa shape index (κ3) is 2.43. The standard InChI is InChI=1S/C14H19N5O2/c1-4-11-16-17-12-6-5-10(7-19(11)12)15-14(20)13-8(2)18-21-9(13)3/h10H,4-7H2,1-3H3,(H,15,20). The number of carbonyl (C=O) groups is 1. The van der Waals surface area contributed by atoms with Crippen LogP contribution in [0.1, 0.15) is 46.8 Å². The second kappa shape index (κ2) is 5.31. The van der Waals surface area contributed by atoms with E-state index in [2.05, 4.69) is 32.2 Å². The van der Waals surface area contributed by atoms with Gasteiger partial charge in [0.05, 0.1) is 5.69 Å². The maximum absolute atomic E-state index is 12.4. The Morgan fingerprint density at radius 2 is 2.24 bits per heavy atom. The van der Waals surface area contributed by atoms with Crippen LogP contribution in [0.15, 0.2) is 4.52 Å². The minimum absolute atomic E-state index is 0.0833. The molecule has 0 spiro atoms. The zero-order valence-electron chi connectivity index (χ0n) is 12.5. The van der Waals surface area contributed by atoms with Crippen molar-refractivity contribution >= 4 is 5.91 Å². The molecular formula is C14H19N5O2. The summed E-state index contributed by atoms with van der Waals surface area (Å²) in [6, 6.07) is 0.0833. The topological polar surface area (TPSA) is 85.8 Å². The zero-order chi connectivity index (χ0) is 15.0. The summed E-state index contributed by atoms with van der Waals surface area (Å²) >= 11 is 0. The van der Waals surface area contributed by atoms with E-state index >= 15 is 0 Å². The van der Waals surface area contributed by atoms with Crippen LogP contribution in [0, 0.1) is 13.8 Å². The summed E-state index contributed by atoms with van der Waals surface area (Å²) in [6.45, 7) is 6.31. The highest BCUT2D eigenvalue weighted by molar-refractivity contribution is 5.96. The molecule has 3 heterocycles. The average molecular weight is 289 g/mol. The smallest absolute Gasteiger partial charge is 0.257 e. The van der Waals surface area contributed by atoms with E-state index in [0.717, 1.165) is 37.5 Å². The summed E-state index contributed by atoms with van der Waals surface area (Å²) in [4.78, 5) is 12.4. The van der Waals surface area contributed by atoms with Crippen molar-refractivity contribution in [1.29, 1.82) is 0 Å². The molecule has 2 aromatic rings. The van der Waals surface area contributed by atoms with Gasteiger partial charge in [0.1, 0.15) is 23.0 Å². The van der Waals surface area contributed by atoms with Gasteiger partial charge in [0, 0.05) is 25.4 Å². The molecule has 0 bridgehead atoms. The van der Waals surface area contributed by atoms with Crippen molar-refractivity contribution < 1.29 is 9.32 Å². The van der Waals surface area contributed by atoms with E-state index in [4.69, 9.17) is 4.52 Å². The molecule has 1 atom stereocenters. The molecule has 0 fully saturated rings. The maximum Gasteiger partial charge on any atom is 0.257 e.